The van der Waals surface area contributed by atoms with Gasteiger partial charge in [0, 0.05) is 28.8 Å². The van der Waals surface area contributed by atoms with Crippen LogP contribution in [0.4, 0.5) is 4.79 Å². The van der Waals surface area contributed by atoms with Crippen LogP contribution in [0.1, 0.15) is 31.4 Å². The number of hydrogen-bond donors (Lipinski definition) is 2. The number of carboxylic acid groups (broad SMARTS) is 1. The maximum Gasteiger partial charge on any atom is 0.317 e. The first kappa shape index (κ1) is 17.4. The molecule has 1 fully saturated rings. The Hall–Kier alpha value is -1.40. The van der Waals surface area contributed by atoms with Gasteiger partial charge in [-0.05, 0) is 42.5 Å². The van der Waals surface area contributed by atoms with E-state index >= 15 is 0 Å². The largest absolute Gasteiger partial charge is 0.481 e. The number of carboxylic acids is 1. The van der Waals surface area contributed by atoms with Crippen LogP contribution in [-0.2, 0) is 4.79 Å². The fourth-order valence-electron chi connectivity index (χ4n) is 3.45. The van der Waals surface area contributed by atoms with Crippen LogP contribution in [0.2, 0.25) is 5.02 Å². The van der Waals surface area contributed by atoms with Gasteiger partial charge in [0.25, 0.3) is 0 Å². The molecule has 1 saturated heterocycles. The van der Waals surface area contributed by atoms with Crippen molar-refractivity contribution >= 4 is 35.4 Å². The van der Waals surface area contributed by atoms with Crippen LogP contribution < -0.4 is 5.32 Å². The zero-order chi connectivity index (χ0) is 17.3. The van der Waals surface area contributed by atoms with E-state index < -0.39 is 11.9 Å². The Labute approximate surface area is 150 Å². The van der Waals surface area contributed by atoms with Gasteiger partial charge in [-0.25, -0.2) is 4.79 Å². The summed E-state index contributed by atoms with van der Waals surface area (Å²) in [6.45, 7) is 2.86. The molecule has 24 heavy (non-hydrogen) atoms. The number of amides is 2. The first-order valence-corrected chi connectivity index (χ1v) is 9.51. The van der Waals surface area contributed by atoms with Crippen LogP contribution in [0.3, 0.4) is 0 Å². The van der Waals surface area contributed by atoms with E-state index in [0.29, 0.717) is 18.0 Å². The summed E-state index contributed by atoms with van der Waals surface area (Å²) < 4.78 is 0. The van der Waals surface area contributed by atoms with Crippen LogP contribution in [0.25, 0.3) is 0 Å². The average molecular weight is 369 g/mol. The number of aliphatic carboxylic acids is 1. The molecule has 1 aromatic rings. The highest BCUT2D eigenvalue weighted by Crippen LogP contribution is 2.37. The molecular formula is C17H21ClN2O3S. The van der Waals surface area contributed by atoms with Crippen molar-refractivity contribution in [3.8, 4) is 0 Å². The number of nitrogens with zero attached hydrogens (tertiary/aromatic N) is 1. The van der Waals surface area contributed by atoms with E-state index in [1.807, 2.05) is 25.1 Å². The molecule has 0 spiro atoms. The molecule has 7 heteroatoms. The molecule has 3 atom stereocenters. The standard InChI is InChI=1S/C17H21ClN2O3S/c1-10-6-11(16(21)22)9-20(8-10)17(23)19-14-4-5-24-15-3-2-12(18)7-13(14)15/h2-3,7,10-11,14H,4-6,8-9H2,1H3,(H,19,23)(H,21,22). The summed E-state index contributed by atoms with van der Waals surface area (Å²) in [7, 11) is 0. The van der Waals surface area contributed by atoms with Gasteiger partial charge in [0.15, 0.2) is 0 Å². The Morgan fingerprint density at radius 2 is 2.17 bits per heavy atom. The van der Waals surface area contributed by atoms with Crippen molar-refractivity contribution in [1.29, 1.82) is 0 Å². The van der Waals surface area contributed by atoms with Gasteiger partial charge in [0.05, 0.1) is 12.0 Å². The molecular weight excluding hydrogens is 348 g/mol. The lowest BCUT2D eigenvalue weighted by Crippen LogP contribution is -2.50. The molecule has 2 aliphatic heterocycles. The van der Waals surface area contributed by atoms with Gasteiger partial charge in [0.1, 0.15) is 0 Å². The maximum atomic E-state index is 12.7. The number of benzene rings is 1. The third-order valence-corrected chi connectivity index (χ3v) is 5.96. The molecule has 3 unspecified atom stereocenters. The highest BCUT2D eigenvalue weighted by Gasteiger charge is 2.33. The van der Waals surface area contributed by atoms with E-state index in [9.17, 15) is 14.7 Å². The maximum absolute atomic E-state index is 12.7. The molecule has 5 nitrogen and oxygen atoms in total. The number of urea groups is 1. The minimum absolute atomic E-state index is 0.0760. The fourth-order valence-corrected chi connectivity index (χ4v) is 4.74. The summed E-state index contributed by atoms with van der Waals surface area (Å²) in [4.78, 5) is 26.7. The third-order valence-electron chi connectivity index (χ3n) is 4.61. The van der Waals surface area contributed by atoms with E-state index in [0.717, 1.165) is 22.6 Å². The van der Waals surface area contributed by atoms with Crippen LogP contribution in [0.5, 0.6) is 0 Å². The second kappa shape index (κ2) is 7.23. The van der Waals surface area contributed by atoms with E-state index in [2.05, 4.69) is 5.32 Å². The molecule has 0 saturated carbocycles. The van der Waals surface area contributed by atoms with Crippen molar-refractivity contribution < 1.29 is 14.7 Å². The summed E-state index contributed by atoms with van der Waals surface area (Å²) in [6, 6.07) is 5.50. The smallest absolute Gasteiger partial charge is 0.317 e. The summed E-state index contributed by atoms with van der Waals surface area (Å²) in [5.41, 5.74) is 1.05. The van der Waals surface area contributed by atoms with Crippen LogP contribution >= 0.6 is 23.4 Å². The monoisotopic (exact) mass is 368 g/mol. The Morgan fingerprint density at radius 3 is 2.92 bits per heavy atom. The summed E-state index contributed by atoms with van der Waals surface area (Å²) in [5, 5.41) is 13.0. The lowest BCUT2D eigenvalue weighted by molar-refractivity contribution is -0.143. The SMILES string of the molecule is CC1CC(C(=O)O)CN(C(=O)NC2CCSc3ccc(Cl)cc32)C1. The van der Waals surface area contributed by atoms with Crippen molar-refractivity contribution in [3.63, 3.8) is 0 Å². The van der Waals surface area contributed by atoms with Crippen LogP contribution in [0, 0.1) is 11.8 Å². The highest BCUT2D eigenvalue weighted by molar-refractivity contribution is 7.99. The van der Waals surface area contributed by atoms with Crippen molar-refractivity contribution in [3.05, 3.63) is 28.8 Å². The summed E-state index contributed by atoms with van der Waals surface area (Å²) >= 11 is 7.87. The van der Waals surface area contributed by atoms with Crippen molar-refractivity contribution in [2.24, 2.45) is 11.8 Å². The van der Waals surface area contributed by atoms with E-state index in [4.69, 9.17) is 11.6 Å². The number of fused-ring (bicyclic) bond motifs is 1. The van der Waals surface area contributed by atoms with Gasteiger partial charge in [-0.15, -0.1) is 11.8 Å². The first-order chi connectivity index (χ1) is 11.4. The third kappa shape index (κ3) is 3.81. The van der Waals surface area contributed by atoms with Crippen molar-refractivity contribution in [1.82, 2.24) is 10.2 Å². The molecule has 3 rings (SSSR count). The van der Waals surface area contributed by atoms with Gasteiger partial charge in [-0.2, -0.15) is 0 Å². The normalized spacial score (nSPS) is 26.6. The molecule has 0 bridgehead atoms. The average Bonchev–Trinajstić information content (AvgIpc) is 2.54. The quantitative estimate of drug-likeness (QED) is 0.836. The predicted molar refractivity (Wildman–Crippen MR) is 94.5 cm³/mol. The molecule has 0 aromatic heterocycles. The van der Waals surface area contributed by atoms with E-state index in [-0.39, 0.29) is 24.5 Å². The van der Waals surface area contributed by atoms with Crippen molar-refractivity contribution in [2.45, 2.75) is 30.7 Å². The van der Waals surface area contributed by atoms with Gasteiger partial charge < -0.3 is 15.3 Å². The molecule has 1 aromatic carbocycles. The zero-order valence-corrected chi connectivity index (χ0v) is 15.1. The Bertz CT molecular complexity index is 655. The number of nitrogens with one attached hydrogen (secondary N) is 1. The number of halogens is 1. The first-order valence-electron chi connectivity index (χ1n) is 8.14. The van der Waals surface area contributed by atoms with Gasteiger partial charge in [-0.3, -0.25) is 4.79 Å². The van der Waals surface area contributed by atoms with Crippen LogP contribution in [-0.4, -0.2) is 40.8 Å². The number of piperidine rings is 1. The molecule has 0 radical (unpaired) electrons. The second-order valence-corrected chi connectivity index (χ2v) is 8.18. The Morgan fingerprint density at radius 1 is 1.38 bits per heavy atom. The number of rotatable bonds is 2. The van der Waals surface area contributed by atoms with Crippen molar-refractivity contribution in [2.75, 3.05) is 18.8 Å². The highest BCUT2D eigenvalue weighted by atomic mass is 35.5. The lowest BCUT2D eigenvalue weighted by atomic mass is 9.91. The Kier molecular flexibility index (Phi) is 5.25. The minimum atomic E-state index is -0.828. The minimum Gasteiger partial charge on any atom is -0.481 e. The fraction of sp³-hybridized carbons (Fsp3) is 0.529. The second-order valence-electron chi connectivity index (χ2n) is 6.60. The van der Waals surface area contributed by atoms with E-state index in [1.165, 1.54) is 0 Å². The number of likely N-dealkylation sites (tertiary alicyclic amines) is 1. The number of hydrogen-bond acceptors (Lipinski definition) is 3. The number of carbonyl (C=O) groups is 2. The van der Waals surface area contributed by atoms with Gasteiger partial charge in [-0.1, -0.05) is 18.5 Å². The molecule has 2 amide bonds. The summed E-state index contributed by atoms with van der Waals surface area (Å²) in [6.07, 6.45) is 1.47. The molecule has 0 aliphatic carbocycles. The number of thioether (sulfide) groups is 1. The van der Waals surface area contributed by atoms with Gasteiger partial charge in [0.2, 0.25) is 0 Å². The summed E-state index contributed by atoms with van der Waals surface area (Å²) in [5.74, 6) is -0.184. The number of carbonyl (C=O) groups excluding carboxylic acids is 1. The lowest BCUT2D eigenvalue weighted by Gasteiger charge is -2.36. The van der Waals surface area contributed by atoms with Crippen LogP contribution in [0.15, 0.2) is 23.1 Å². The zero-order valence-electron chi connectivity index (χ0n) is 13.5. The molecule has 2 aliphatic rings. The molecule has 130 valence electrons. The van der Waals surface area contributed by atoms with E-state index in [1.54, 1.807) is 16.7 Å². The Balaban J connectivity index is 1.71. The topological polar surface area (TPSA) is 69.6 Å². The molecule has 2 N–H and O–H groups in total. The van der Waals surface area contributed by atoms with Gasteiger partial charge >= 0.3 is 12.0 Å². The molecule has 2 heterocycles. The predicted octanol–water partition coefficient (Wildman–Crippen LogP) is 3.63.